The third kappa shape index (κ3) is 6.79. The standard InChI is InChI=1S/C20H29FN4O.HI/c1-6-22-19(23-11-10-18-14(2)25-26-15(18)3)24-13-20(4,5)16-8-7-9-17(21)12-16;/h7-9,12H,6,10-11,13H2,1-5H3,(H2,22,23,24);1H. The normalized spacial score (nSPS) is 11.9. The number of rotatable bonds is 7. The van der Waals surface area contributed by atoms with Gasteiger partial charge in [0.1, 0.15) is 11.6 Å². The quantitative estimate of drug-likeness (QED) is 0.350. The predicted octanol–water partition coefficient (Wildman–Crippen LogP) is 4.12. The molecular formula is C20H30FIN4O. The molecule has 1 aromatic carbocycles. The smallest absolute Gasteiger partial charge is 0.191 e. The lowest BCUT2D eigenvalue weighted by Gasteiger charge is -2.24. The van der Waals surface area contributed by atoms with Gasteiger partial charge in [0.05, 0.1) is 12.2 Å². The van der Waals surface area contributed by atoms with Crippen molar-refractivity contribution in [3.63, 3.8) is 0 Å². The first-order valence-corrected chi connectivity index (χ1v) is 9.03. The Bertz CT molecular complexity index is 739. The van der Waals surface area contributed by atoms with E-state index < -0.39 is 0 Å². The summed E-state index contributed by atoms with van der Waals surface area (Å²) in [4.78, 5) is 4.69. The van der Waals surface area contributed by atoms with Gasteiger partial charge in [-0.2, -0.15) is 0 Å². The number of halogens is 2. The lowest BCUT2D eigenvalue weighted by Crippen LogP contribution is -2.39. The van der Waals surface area contributed by atoms with Crippen LogP contribution in [-0.4, -0.2) is 30.8 Å². The number of aliphatic imine (C=N–C) groups is 1. The summed E-state index contributed by atoms with van der Waals surface area (Å²) in [6.07, 6.45) is 0.818. The molecule has 1 heterocycles. The zero-order valence-electron chi connectivity index (χ0n) is 16.7. The highest BCUT2D eigenvalue weighted by Crippen LogP contribution is 2.24. The van der Waals surface area contributed by atoms with Crippen LogP contribution >= 0.6 is 24.0 Å². The van der Waals surface area contributed by atoms with Crippen molar-refractivity contribution in [3.05, 3.63) is 52.7 Å². The first-order chi connectivity index (χ1) is 12.3. The van der Waals surface area contributed by atoms with Crippen LogP contribution in [0.15, 0.2) is 33.8 Å². The van der Waals surface area contributed by atoms with Crippen molar-refractivity contribution in [2.24, 2.45) is 4.99 Å². The fourth-order valence-corrected chi connectivity index (χ4v) is 2.78. The molecule has 0 saturated heterocycles. The molecule has 0 unspecified atom stereocenters. The van der Waals surface area contributed by atoms with Crippen molar-refractivity contribution >= 4 is 29.9 Å². The van der Waals surface area contributed by atoms with Gasteiger partial charge in [-0.15, -0.1) is 24.0 Å². The zero-order valence-corrected chi connectivity index (χ0v) is 19.1. The summed E-state index contributed by atoms with van der Waals surface area (Å²) < 4.78 is 18.7. The minimum Gasteiger partial charge on any atom is -0.361 e. The summed E-state index contributed by atoms with van der Waals surface area (Å²) in [7, 11) is 0. The molecule has 0 atom stereocenters. The maximum Gasteiger partial charge on any atom is 0.191 e. The Kier molecular flexibility index (Phi) is 9.21. The Hall–Kier alpha value is -1.64. The van der Waals surface area contributed by atoms with Gasteiger partial charge in [-0.05, 0) is 44.9 Å². The molecule has 0 bridgehead atoms. The average molecular weight is 488 g/mol. The highest BCUT2D eigenvalue weighted by molar-refractivity contribution is 14.0. The van der Waals surface area contributed by atoms with E-state index in [2.05, 4.69) is 34.6 Å². The third-order valence-corrected chi connectivity index (χ3v) is 4.43. The SMILES string of the molecule is CCNC(=NCC(C)(C)c1cccc(F)c1)NCCc1c(C)noc1C.I. The molecule has 0 aliphatic carbocycles. The Morgan fingerprint density at radius 2 is 2.00 bits per heavy atom. The Morgan fingerprint density at radius 1 is 1.26 bits per heavy atom. The lowest BCUT2D eigenvalue weighted by atomic mass is 9.85. The van der Waals surface area contributed by atoms with Crippen LogP contribution in [-0.2, 0) is 11.8 Å². The molecule has 0 spiro atoms. The summed E-state index contributed by atoms with van der Waals surface area (Å²) in [6.45, 7) is 12.1. The molecule has 5 nitrogen and oxygen atoms in total. The van der Waals surface area contributed by atoms with Gasteiger partial charge in [0.25, 0.3) is 0 Å². The van der Waals surface area contributed by atoms with Crippen molar-refractivity contribution in [1.82, 2.24) is 15.8 Å². The lowest BCUT2D eigenvalue weighted by molar-refractivity contribution is 0.392. The fourth-order valence-electron chi connectivity index (χ4n) is 2.78. The number of benzene rings is 1. The maximum atomic E-state index is 13.5. The molecule has 0 aliphatic rings. The third-order valence-electron chi connectivity index (χ3n) is 4.43. The number of hydrogen-bond acceptors (Lipinski definition) is 3. The van der Waals surface area contributed by atoms with E-state index in [0.717, 1.165) is 48.1 Å². The molecule has 1 aromatic heterocycles. The van der Waals surface area contributed by atoms with Crippen LogP contribution in [0.25, 0.3) is 0 Å². The number of aryl methyl sites for hydroxylation is 2. The molecule has 2 rings (SSSR count). The van der Waals surface area contributed by atoms with Crippen molar-refractivity contribution in [3.8, 4) is 0 Å². The summed E-state index contributed by atoms with van der Waals surface area (Å²) in [5.41, 5.74) is 2.74. The maximum absolute atomic E-state index is 13.5. The first-order valence-electron chi connectivity index (χ1n) is 9.03. The molecule has 7 heteroatoms. The van der Waals surface area contributed by atoms with Crippen molar-refractivity contribution in [1.29, 1.82) is 0 Å². The molecule has 0 aliphatic heterocycles. The molecule has 2 N–H and O–H groups in total. The molecule has 27 heavy (non-hydrogen) atoms. The molecule has 0 fully saturated rings. The fraction of sp³-hybridized carbons (Fsp3) is 0.500. The summed E-state index contributed by atoms with van der Waals surface area (Å²) >= 11 is 0. The zero-order chi connectivity index (χ0) is 19.2. The van der Waals surface area contributed by atoms with E-state index in [-0.39, 0.29) is 35.2 Å². The van der Waals surface area contributed by atoms with Crippen LogP contribution in [0.1, 0.15) is 43.4 Å². The van der Waals surface area contributed by atoms with Gasteiger partial charge in [-0.1, -0.05) is 31.1 Å². The van der Waals surface area contributed by atoms with Crippen LogP contribution in [0.3, 0.4) is 0 Å². The number of nitrogens with zero attached hydrogens (tertiary/aromatic N) is 2. The van der Waals surface area contributed by atoms with Crippen LogP contribution in [0.5, 0.6) is 0 Å². The van der Waals surface area contributed by atoms with E-state index in [0.29, 0.717) is 6.54 Å². The second kappa shape index (κ2) is 10.6. The summed E-state index contributed by atoms with van der Waals surface area (Å²) in [5.74, 6) is 1.39. The van der Waals surface area contributed by atoms with E-state index >= 15 is 0 Å². The van der Waals surface area contributed by atoms with E-state index in [4.69, 9.17) is 4.52 Å². The minimum atomic E-state index is -0.258. The van der Waals surface area contributed by atoms with Crippen molar-refractivity contribution in [2.75, 3.05) is 19.6 Å². The monoisotopic (exact) mass is 488 g/mol. The van der Waals surface area contributed by atoms with E-state index in [9.17, 15) is 4.39 Å². The number of aromatic nitrogens is 1. The second-order valence-corrected chi connectivity index (χ2v) is 7.07. The first kappa shape index (κ1) is 23.4. The molecule has 0 amide bonds. The van der Waals surface area contributed by atoms with Gasteiger partial charge in [0, 0.05) is 24.1 Å². The second-order valence-electron chi connectivity index (χ2n) is 7.07. The molecule has 150 valence electrons. The Morgan fingerprint density at radius 3 is 2.59 bits per heavy atom. The molecule has 0 radical (unpaired) electrons. The molecular weight excluding hydrogens is 458 g/mol. The highest BCUT2D eigenvalue weighted by Gasteiger charge is 2.21. The molecule has 0 saturated carbocycles. The van der Waals surface area contributed by atoms with Gasteiger partial charge in [-0.3, -0.25) is 4.99 Å². The van der Waals surface area contributed by atoms with Crippen molar-refractivity contribution in [2.45, 2.75) is 46.5 Å². The van der Waals surface area contributed by atoms with E-state index in [1.54, 1.807) is 12.1 Å². The van der Waals surface area contributed by atoms with Gasteiger partial charge in [0.15, 0.2) is 5.96 Å². The van der Waals surface area contributed by atoms with Gasteiger partial charge in [-0.25, -0.2) is 4.39 Å². The summed E-state index contributed by atoms with van der Waals surface area (Å²) in [5, 5.41) is 10.6. The minimum absolute atomic E-state index is 0. The summed E-state index contributed by atoms with van der Waals surface area (Å²) in [6, 6.07) is 6.72. The van der Waals surface area contributed by atoms with Crippen molar-refractivity contribution < 1.29 is 8.91 Å². The van der Waals surface area contributed by atoms with Crippen LogP contribution in [0, 0.1) is 19.7 Å². The number of nitrogens with one attached hydrogen (secondary N) is 2. The average Bonchev–Trinajstić information content (AvgIpc) is 2.91. The molecule has 2 aromatic rings. The van der Waals surface area contributed by atoms with Crippen LogP contribution in [0.2, 0.25) is 0 Å². The van der Waals surface area contributed by atoms with Crippen LogP contribution in [0.4, 0.5) is 4.39 Å². The highest BCUT2D eigenvalue weighted by atomic mass is 127. The van der Waals surface area contributed by atoms with E-state index in [1.165, 1.54) is 6.07 Å². The number of guanidine groups is 1. The van der Waals surface area contributed by atoms with Crippen LogP contribution < -0.4 is 10.6 Å². The number of hydrogen-bond donors (Lipinski definition) is 2. The predicted molar refractivity (Wildman–Crippen MR) is 119 cm³/mol. The largest absolute Gasteiger partial charge is 0.361 e. The van der Waals surface area contributed by atoms with Gasteiger partial charge >= 0.3 is 0 Å². The van der Waals surface area contributed by atoms with Gasteiger partial charge < -0.3 is 15.2 Å². The Balaban J connectivity index is 0.00000364. The Labute approximate surface area is 178 Å². The topological polar surface area (TPSA) is 62.5 Å². The van der Waals surface area contributed by atoms with Gasteiger partial charge in [0.2, 0.25) is 0 Å². The van der Waals surface area contributed by atoms with E-state index in [1.807, 2.05) is 26.8 Å².